The van der Waals surface area contributed by atoms with Crippen molar-refractivity contribution in [1.82, 2.24) is 10.2 Å². The van der Waals surface area contributed by atoms with Crippen LogP contribution in [0.2, 0.25) is 5.02 Å². The van der Waals surface area contributed by atoms with E-state index in [9.17, 15) is 4.79 Å². The summed E-state index contributed by atoms with van der Waals surface area (Å²) >= 11 is 6.24. The molecule has 0 saturated carbocycles. The maximum Gasteiger partial charge on any atom is 0.247 e. The van der Waals surface area contributed by atoms with Crippen LogP contribution in [0.4, 0.5) is 0 Å². The van der Waals surface area contributed by atoms with Crippen LogP contribution >= 0.6 is 11.6 Å². The predicted octanol–water partition coefficient (Wildman–Crippen LogP) is 5.55. The molecule has 0 bridgehead atoms. The molecular weight excluding hydrogens is 448 g/mol. The molecule has 0 saturated heterocycles. The number of carbonyl (C=O) groups is 1. The normalized spacial score (nSPS) is 11.9. The molecule has 33 heavy (non-hydrogen) atoms. The van der Waals surface area contributed by atoms with Gasteiger partial charge in [0.15, 0.2) is 5.76 Å². The number of hydrogen-bond donors (Lipinski definition) is 0. The third kappa shape index (κ3) is 4.48. The van der Waals surface area contributed by atoms with Gasteiger partial charge in [-0.3, -0.25) is 4.79 Å². The standard InChI is InChI=1S/C24H21ClN2O6/c1-13-26-27-24(32-13)15-7-5-14(6-8-15)23(31-4)22(28)18-10-9-17(33-18)16-11-19(29-2)21(25)20(12-16)30-3/h5-12,23H,1-4H3. The van der Waals surface area contributed by atoms with Crippen LogP contribution in [0.5, 0.6) is 11.5 Å². The summed E-state index contributed by atoms with van der Waals surface area (Å²) in [6.07, 6.45) is -0.850. The van der Waals surface area contributed by atoms with Gasteiger partial charge in [0.1, 0.15) is 28.4 Å². The van der Waals surface area contributed by atoms with E-state index in [2.05, 4.69) is 10.2 Å². The average molecular weight is 469 g/mol. The third-order valence-electron chi connectivity index (χ3n) is 5.04. The van der Waals surface area contributed by atoms with Crippen molar-refractivity contribution in [3.05, 3.63) is 70.8 Å². The molecule has 0 radical (unpaired) electrons. The fourth-order valence-corrected chi connectivity index (χ4v) is 3.64. The van der Waals surface area contributed by atoms with Crippen molar-refractivity contribution in [3.63, 3.8) is 0 Å². The number of aromatic nitrogens is 2. The Morgan fingerprint density at radius 1 is 0.909 bits per heavy atom. The monoisotopic (exact) mass is 468 g/mol. The molecule has 1 atom stereocenters. The topological polar surface area (TPSA) is 96.8 Å². The van der Waals surface area contributed by atoms with Crippen molar-refractivity contribution >= 4 is 17.4 Å². The summed E-state index contributed by atoms with van der Waals surface area (Å²) < 4.78 is 27.4. The molecule has 170 valence electrons. The molecule has 2 aromatic heterocycles. The Kier molecular flexibility index (Phi) is 6.48. The number of ketones is 1. The van der Waals surface area contributed by atoms with Gasteiger partial charge >= 0.3 is 0 Å². The molecule has 1 unspecified atom stereocenters. The molecule has 9 heteroatoms. The molecule has 2 heterocycles. The molecule has 0 aliphatic carbocycles. The Morgan fingerprint density at radius 2 is 1.58 bits per heavy atom. The van der Waals surface area contributed by atoms with Crippen molar-refractivity contribution in [1.29, 1.82) is 0 Å². The highest BCUT2D eigenvalue weighted by Gasteiger charge is 2.25. The van der Waals surface area contributed by atoms with E-state index in [1.165, 1.54) is 21.3 Å². The zero-order valence-corrected chi connectivity index (χ0v) is 19.2. The van der Waals surface area contributed by atoms with Gasteiger partial charge in [0.2, 0.25) is 17.6 Å². The van der Waals surface area contributed by atoms with Gasteiger partial charge in [-0.25, -0.2) is 0 Å². The van der Waals surface area contributed by atoms with Crippen LogP contribution < -0.4 is 9.47 Å². The lowest BCUT2D eigenvalue weighted by molar-refractivity contribution is 0.0577. The number of halogens is 1. The van der Waals surface area contributed by atoms with Crippen LogP contribution in [0.3, 0.4) is 0 Å². The van der Waals surface area contributed by atoms with Gasteiger partial charge in [0.05, 0.1) is 14.2 Å². The predicted molar refractivity (Wildman–Crippen MR) is 121 cm³/mol. The first-order valence-electron chi connectivity index (χ1n) is 9.94. The molecule has 0 spiro atoms. The van der Waals surface area contributed by atoms with Crippen LogP contribution in [0, 0.1) is 6.92 Å². The molecule has 4 rings (SSSR count). The largest absolute Gasteiger partial charge is 0.495 e. The van der Waals surface area contributed by atoms with Crippen LogP contribution in [-0.4, -0.2) is 37.3 Å². The fourth-order valence-electron chi connectivity index (χ4n) is 3.37. The number of benzene rings is 2. The van der Waals surface area contributed by atoms with Crippen molar-refractivity contribution in [3.8, 4) is 34.3 Å². The summed E-state index contributed by atoms with van der Waals surface area (Å²) in [6.45, 7) is 1.72. The molecule has 0 N–H and O–H groups in total. The minimum absolute atomic E-state index is 0.154. The Morgan fingerprint density at radius 3 is 2.12 bits per heavy atom. The molecule has 8 nitrogen and oxygen atoms in total. The fraction of sp³-hybridized carbons (Fsp3) is 0.208. The first-order valence-corrected chi connectivity index (χ1v) is 10.3. The van der Waals surface area contributed by atoms with Crippen LogP contribution in [-0.2, 0) is 4.74 Å². The number of aryl methyl sites for hydroxylation is 1. The number of carbonyl (C=O) groups excluding carboxylic acids is 1. The molecule has 0 aliphatic rings. The van der Waals surface area contributed by atoms with Crippen LogP contribution in [0.15, 0.2) is 57.4 Å². The van der Waals surface area contributed by atoms with Gasteiger partial charge in [-0.05, 0) is 42.0 Å². The van der Waals surface area contributed by atoms with Crippen LogP contribution in [0.1, 0.15) is 28.1 Å². The van der Waals surface area contributed by atoms with Gasteiger partial charge in [-0.15, -0.1) is 10.2 Å². The van der Waals surface area contributed by atoms with Crippen LogP contribution in [0.25, 0.3) is 22.8 Å². The minimum atomic E-state index is -0.850. The molecule has 0 fully saturated rings. The molecule has 4 aromatic rings. The lowest BCUT2D eigenvalue weighted by Crippen LogP contribution is -2.14. The number of ether oxygens (including phenoxy) is 3. The van der Waals surface area contributed by atoms with E-state index in [4.69, 9.17) is 34.6 Å². The van der Waals surface area contributed by atoms with E-state index in [-0.39, 0.29) is 11.5 Å². The summed E-state index contributed by atoms with van der Waals surface area (Å²) in [6, 6.07) is 13.9. The van der Waals surface area contributed by atoms with Gasteiger partial charge in [-0.2, -0.15) is 0 Å². The highest BCUT2D eigenvalue weighted by Crippen LogP contribution is 2.39. The summed E-state index contributed by atoms with van der Waals surface area (Å²) in [5.41, 5.74) is 2.06. The number of methoxy groups -OCH3 is 3. The first kappa shape index (κ1) is 22.6. The van der Waals surface area contributed by atoms with E-state index in [1.54, 1.807) is 55.5 Å². The maximum atomic E-state index is 13.1. The number of furan rings is 1. The zero-order valence-electron chi connectivity index (χ0n) is 18.4. The second kappa shape index (κ2) is 9.48. The second-order valence-electron chi connectivity index (χ2n) is 7.09. The highest BCUT2D eigenvalue weighted by atomic mass is 35.5. The summed E-state index contributed by atoms with van der Waals surface area (Å²) in [5, 5.41) is 8.18. The van der Waals surface area contributed by atoms with E-state index in [0.29, 0.717) is 45.2 Å². The number of nitrogens with zero attached hydrogens (tertiary/aromatic N) is 2. The zero-order chi connectivity index (χ0) is 23.5. The van der Waals surface area contributed by atoms with E-state index in [0.717, 1.165) is 5.56 Å². The second-order valence-corrected chi connectivity index (χ2v) is 7.46. The van der Waals surface area contributed by atoms with Crippen molar-refractivity contribution in [2.24, 2.45) is 0 Å². The molecule has 0 amide bonds. The van der Waals surface area contributed by atoms with Gasteiger partial charge in [0.25, 0.3) is 0 Å². The van der Waals surface area contributed by atoms with Crippen molar-refractivity contribution < 1.29 is 27.8 Å². The highest BCUT2D eigenvalue weighted by molar-refractivity contribution is 6.33. The quantitative estimate of drug-likeness (QED) is 0.311. The van der Waals surface area contributed by atoms with Gasteiger partial charge in [0, 0.05) is 25.2 Å². The Labute approximate surface area is 195 Å². The lowest BCUT2D eigenvalue weighted by Gasteiger charge is -2.13. The number of hydrogen-bond acceptors (Lipinski definition) is 8. The summed E-state index contributed by atoms with van der Waals surface area (Å²) in [7, 11) is 4.49. The van der Waals surface area contributed by atoms with E-state index >= 15 is 0 Å². The van der Waals surface area contributed by atoms with Crippen molar-refractivity contribution in [2.75, 3.05) is 21.3 Å². The van der Waals surface area contributed by atoms with E-state index in [1.807, 2.05) is 0 Å². The van der Waals surface area contributed by atoms with E-state index < -0.39 is 6.10 Å². The average Bonchev–Trinajstić information content (AvgIpc) is 3.50. The smallest absolute Gasteiger partial charge is 0.247 e. The first-order chi connectivity index (χ1) is 15.9. The van der Waals surface area contributed by atoms with Gasteiger partial charge in [-0.1, -0.05) is 23.7 Å². The molecular formula is C24H21ClN2O6. The summed E-state index contributed by atoms with van der Waals surface area (Å²) in [5.74, 6) is 2.04. The molecule has 0 aliphatic heterocycles. The number of rotatable bonds is 8. The van der Waals surface area contributed by atoms with Crippen molar-refractivity contribution in [2.45, 2.75) is 13.0 Å². The Hall–Kier alpha value is -3.62. The lowest BCUT2D eigenvalue weighted by atomic mass is 10.0. The maximum absolute atomic E-state index is 13.1. The summed E-state index contributed by atoms with van der Waals surface area (Å²) in [4.78, 5) is 13.1. The minimum Gasteiger partial charge on any atom is -0.495 e. The Bertz CT molecular complexity index is 1250. The molecule has 2 aromatic carbocycles. The number of Topliss-reactive ketones (excluding diaryl/α,β-unsaturated/α-hetero) is 1. The Balaban J connectivity index is 1.59. The van der Waals surface area contributed by atoms with Gasteiger partial charge < -0.3 is 23.0 Å². The third-order valence-corrected chi connectivity index (χ3v) is 5.41. The SMILES string of the molecule is COc1cc(-c2ccc(C(=O)C(OC)c3ccc(-c4nnc(C)o4)cc3)o2)cc(OC)c1Cl.